The smallest absolute Gasteiger partial charge is 0.352 e. The van der Waals surface area contributed by atoms with Crippen molar-refractivity contribution in [3.05, 3.63) is 57.8 Å². The molecular formula is C23H20N6O5S3. The SMILES string of the molecule is C#CCON=C(C(=O)NC1C(=O)N2C(C(=O)O)=C(CSC=Cc3cccnc3)CS[C@@H]12)c1csc(N)n1. The molecule has 1 unspecified atom stereocenters. The average molecular weight is 557 g/mol. The van der Waals surface area contributed by atoms with Crippen LogP contribution in [0.5, 0.6) is 0 Å². The lowest BCUT2D eigenvalue weighted by molar-refractivity contribution is -0.150. The summed E-state index contributed by atoms with van der Waals surface area (Å²) >= 11 is 3.90. The van der Waals surface area contributed by atoms with E-state index in [2.05, 4.69) is 26.4 Å². The number of hydrogen-bond donors (Lipinski definition) is 3. The minimum atomic E-state index is -1.20. The van der Waals surface area contributed by atoms with Crippen LogP contribution in [0.25, 0.3) is 6.08 Å². The third-order valence-corrected chi connectivity index (χ3v) is 7.98. The molecule has 2 aromatic heterocycles. The zero-order valence-electron chi connectivity index (χ0n) is 19.1. The summed E-state index contributed by atoms with van der Waals surface area (Å²) < 4.78 is 0. The molecule has 1 saturated heterocycles. The summed E-state index contributed by atoms with van der Waals surface area (Å²) in [6.45, 7) is -0.171. The first-order valence-electron chi connectivity index (χ1n) is 10.6. The molecule has 2 aliphatic rings. The van der Waals surface area contributed by atoms with Gasteiger partial charge < -0.3 is 21.0 Å². The van der Waals surface area contributed by atoms with Gasteiger partial charge in [-0.1, -0.05) is 17.1 Å². The molecule has 0 spiro atoms. The molecular weight excluding hydrogens is 536 g/mol. The number of aliphatic carboxylic acids is 1. The van der Waals surface area contributed by atoms with E-state index < -0.39 is 29.2 Å². The molecule has 11 nitrogen and oxygen atoms in total. The van der Waals surface area contributed by atoms with E-state index in [-0.39, 0.29) is 28.8 Å². The van der Waals surface area contributed by atoms with Crippen molar-refractivity contribution >= 4 is 69.6 Å². The number of terminal acetylenes is 1. The average Bonchev–Trinajstić information content (AvgIpc) is 3.33. The van der Waals surface area contributed by atoms with Gasteiger partial charge in [-0.05, 0) is 28.7 Å². The monoisotopic (exact) mass is 556 g/mol. The Hall–Kier alpha value is -3.80. The van der Waals surface area contributed by atoms with Gasteiger partial charge >= 0.3 is 5.97 Å². The molecule has 2 amide bonds. The summed E-state index contributed by atoms with van der Waals surface area (Å²) in [5.41, 5.74) is 7.13. The maximum Gasteiger partial charge on any atom is 0.352 e. The molecule has 2 aliphatic heterocycles. The normalized spacial score (nSPS) is 19.3. The highest BCUT2D eigenvalue weighted by Gasteiger charge is 2.54. The molecule has 4 N–H and O–H groups in total. The lowest BCUT2D eigenvalue weighted by Gasteiger charge is -2.49. The fraction of sp³-hybridized carbons (Fsp3) is 0.217. The van der Waals surface area contributed by atoms with Crippen LogP contribution >= 0.6 is 34.9 Å². The lowest BCUT2D eigenvalue weighted by atomic mass is 10.0. The summed E-state index contributed by atoms with van der Waals surface area (Å²) in [7, 11) is 0. The number of nitrogens with one attached hydrogen (secondary N) is 1. The Labute approximate surface area is 224 Å². The van der Waals surface area contributed by atoms with Crippen LogP contribution in [-0.2, 0) is 19.2 Å². The Balaban J connectivity index is 1.45. The number of thioether (sulfide) groups is 2. The van der Waals surface area contributed by atoms with Crippen LogP contribution in [0.1, 0.15) is 11.3 Å². The molecule has 0 saturated carbocycles. The summed E-state index contributed by atoms with van der Waals surface area (Å²) in [6.07, 6.45) is 10.4. The van der Waals surface area contributed by atoms with E-state index in [1.54, 1.807) is 12.4 Å². The number of nitrogens with two attached hydrogens (primary N) is 1. The van der Waals surface area contributed by atoms with Crippen molar-refractivity contribution in [1.82, 2.24) is 20.2 Å². The fourth-order valence-electron chi connectivity index (χ4n) is 3.49. The maximum absolute atomic E-state index is 13.0. The van der Waals surface area contributed by atoms with Crippen LogP contribution in [0.2, 0.25) is 0 Å². The van der Waals surface area contributed by atoms with Gasteiger partial charge in [0, 0.05) is 29.3 Å². The predicted molar refractivity (Wildman–Crippen MR) is 143 cm³/mol. The van der Waals surface area contributed by atoms with E-state index in [0.717, 1.165) is 16.9 Å². The number of carboxylic acids is 1. The molecule has 4 heterocycles. The van der Waals surface area contributed by atoms with E-state index in [0.29, 0.717) is 17.1 Å². The third kappa shape index (κ3) is 5.96. The van der Waals surface area contributed by atoms with Crippen LogP contribution in [0, 0.1) is 12.3 Å². The highest BCUT2D eigenvalue weighted by molar-refractivity contribution is 8.02. The molecule has 0 aromatic carbocycles. The van der Waals surface area contributed by atoms with E-state index in [9.17, 15) is 19.5 Å². The highest BCUT2D eigenvalue weighted by atomic mass is 32.2. The van der Waals surface area contributed by atoms with E-state index >= 15 is 0 Å². The summed E-state index contributed by atoms with van der Waals surface area (Å²) in [4.78, 5) is 52.3. The number of carboxylic acid groups (broad SMARTS) is 1. The van der Waals surface area contributed by atoms with Crippen LogP contribution in [0.15, 0.2) is 51.7 Å². The van der Waals surface area contributed by atoms with Gasteiger partial charge in [0.25, 0.3) is 11.8 Å². The number of rotatable bonds is 10. The molecule has 37 heavy (non-hydrogen) atoms. The van der Waals surface area contributed by atoms with Crippen molar-refractivity contribution in [3.8, 4) is 12.3 Å². The van der Waals surface area contributed by atoms with Gasteiger partial charge in [0.15, 0.2) is 17.5 Å². The number of nitrogen functional groups attached to an aromatic ring is 1. The molecule has 4 rings (SSSR count). The quantitative estimate of drug-likeness (QED) is 0.129. The van der Waals surface area contributed by atoms with Gasteiger partial charge in [-0.25, -0.2) is 9.78 Å². The van der Waals surface area contributed by atoms with Crippen LogP contribution < -0.4 is 11.1 Å². The minimum absolute atomic E-state index is 0.0555. The number of fused-ring (bicyclic) bond motifs is 1. The van der Waals surface area contributed by atoms with Gasteiger partial charge in [-0.3, -0.25) is 19.5 Å². The standard InChI is InChI=1S/C23H20N6O5S3/c1-2-7-34-28-16(15-12-37-23(24)26-15)19(30)27-17-20(31)29-18(22(32)33)14(11-36-21(17)29)10-35-8-5-13-4-3-6-25-9-13/h1,3-6,8-9,12,17,21H,7,10-11H2,(H2,24,26)(H,27,30)(H,32,33)/t17?,21-/m0/s1. The number of nitrogens with zero attached hydrogens (tertiary/aromatic N) is 4. The highest BCUT2D eigenvalue weighted by Crippen LogP contribution is 2.41. The second-order valence-corrected chi connectivity index (χ2v) is 10.4. The summed E-state index contributed by atoms with van der Waals surface area (Å²) in [5.74, 6) is 0.581. The fourth-order valence-corrected chi connectivity index (χ4v) is 6.30. The third-order valence-electron chi connectivity index (χ3n) is 5.12. The first-order chi connectivity index (χ1) is 17.9. The van der Waals surface area contributed by atoms with Crippen LogP contribution in [-0.4, -0.2) is 73.0 Å². The van der Waals surface area contributed by atoms with Crippen molar-refractivity contribution in [1.29, 1.82) is 0 Å². The number of anilines is 1. The number of carbonyl (C=O) groups excluding carboxylic acids is 2. The second-order valence-electron chi connectivity index (χ2n) is 7.51. The molecule has 2 atom stereocenters. The maximum atomic E-state index is 13.0. The van der Waals surface area contributed by atoms with Gasteiger partial charge in [0.2, 0.25) is 0 Å². The molecule has 0 bridgehead atoms. The molecule has 14 heteroatoms. The summed E-state index contributed by atoms with van der Waals surface area (Å²) in [6, 6.07) is 2.78. The number of carbonyl (C=O) groups is 3. The van der Waals surface area contributed by atoms with Crippen molar-refractivity contribution in [2.45, 2.75) is 11.4 Å². The number of pyridine rings is 1. The number of amides is 2. The molecule has 190 valence electrons. The van der Waals surface area contributed by atoms with Gasteiger partial charge in [-0.15, -0.1) is 41.3 Å². The van der Waals surface area contributed by atoms with Crippen molar-refractivity contribution in [2.75, 3.05) is 23.8 Å². The number of hydrogen-bond acceptors (Lipinski definition) is 11. The summed E-state index contributed by atoms with van der Waals surface area (Å²) in [5, 5.41) is 19.3. The molecule has 2 aromatic rings. The first-order valence-corrected chi connectivity index (χ1v) is 13.6. The zero-order chi connectivity index (χ0) is 26.4. The number of aromatic nitrogens is 2. The van der Waals surface area contributed by atoms with Gasteiger partial charge in [0.05, 0.1) is 0 Å². The Morgan fingerprint density at radius 2 is 2.32 bits per heavy atom. The topological polar surface area (TPSA) is 160 Å². The lowest BCUT2D eigenvalue weighted by Crippen LogP contribution is -2.71. The van der Waals surface area contributed by atoms with Crippen molar-refractivity contribution < 1.29 is 24.3 Å². The van der Waals surface area contributed by atoms with E-state index in [1.807, 2.05) is 23.6 Å². The molecule has 1 fully saturated rings. The Morgan fingerprint density at radius 1 is 1.49 bits per heavy atom. The first kappa shape index (κ1) is 26.3. The number of oxime groups is 1. The second kappa shape index (κ2) is 12.0. The predicted octanol–water partition coefficient (Wildman–Crippen LogP) is 1.62. The van der Waals surface area contributed by atoms with Crippen LogP contribution in [0.3, 0.4) is 0 Å². The van der Waals surface area contributed by atoms with Gasteiger partial charge in [0.1, 0.15) is 22.8 Å². The Bertz CT molecular complexity index is 1330. The minimum Gasteiger partial charge on any atom is -0.477 e. The van der Waals surface area contributed by atoms with Crippen molar-refractivity contribution in [3.63, 3.8) is 0 Å². The largest absolute Gasteiger partial charge is 0.477 e. The number of thiazole rings is 1. The number of β-lactam (4-membered cyclic amide) rings is 1. The Kier molecular flexibility index (Phi) is 8.49. The van der Waals surface area contributed by atoms with Crippen LogP contribution in [0.4, 0.5) is 5.13 Å². The zero-order valence-corrected chi connectivity index (χ0v) is 21.5. The molecule has 0 radical (unpaired) electrons. The Morgan fingerprint density at radius 3 is 3.00 bits per heavy atom. The van der Waals surface area contributed by atoms with E-state index in [1.165, 1.54) is 33.8 Å². The molecule has 0 aliphatic carbocycles. The van der Waals surface area contributed by atoms with Gasteiger partial charge in [-0.2, -0.15) is 0 Å². The van der Waals surface area contributed by atoms with E-state index in [4.69, 9.17) is 17.0 Å². The van der Waals surface area contributed by atoms with Crippen molar-refractivity contribution in [2.24, 2.45) is 5.16 Å².